The third-order valence-corrected chi connectivity index (χ3v) is 4.16. The van der Waals surface area contributed by atoms with Crippen LogP contribution < -0.4 is 5.32 Å². The Morgan fingerprint density at radius 3 is 2.74 bits per heavy atom. The summed E-state index contributed by atoms with van der Waals surface area (Å²) in [4.78, 5) is 13.6. The van der Waals surface area contributed by atoms with Gasteiger partial charge in [-0.1, -0.05) is 11.3 Å². The molecule has 0 aliphatic heterocycles. The quantitative estimate of drug-likeness (QED) is 0.430. The van der Waals surface area contributed by atoms with Gasteiger partial charge in [0.1, 0.15) is 0 Å². The maximum Gasteiger partial charge on any atom is 0.324 e. The lowest BCUT2D eigenvalue weighted by atomic mass is 10.2. The molecule has 108 valence electrons. The van der Waals surface area contributed by atoms with Crippen LogP contribution in [0.15, 0.2) is 12.1 Å². The first-order valence-corrected chi connectivity index (χ1v) is 7.46. The first-order chi connectivity index (χ1) is 9.00. The van der Waals surface area contributed by atoms with Crippen LogP contribution in [0.4, 0.5) is 5.00 Å². The molecule has 0 amide bonds. The molecular weight excluding hydrogens is 262 g/mol. The Morgan fingerprint density at radius 2 is 2.16 bits per heavy atom. The van der Waals surface area contributed by atoms with Gasteiger partial charge in [0, 0.05) is 23.5 Å². The lowest BCUT2D eigenvalue weighted by molar-refractivity contribution is -0.380. The predicted molar refractivity (Wildman–Crippen MR) is 79.7 cm³/mol. The number of rotatable bonds is 9. The normalized spacial score (nSPS) is 11.4. The van der Waals surface area contributed by atoms with Crippen molar-refractivity contribution in [1.82, 2.24) is 10.2 Å². The number of thiophene rings is 1. The highest BCUT2D eigenvalue weighted by Gasteiger charge is 2.08. The van der Waals surface area contributed by atoms with Crippen LogP contribution >= 0.6 is 11.3 Å². The van der Waals surface area contributed by atoms with E-state index >= 15 is 0 Å². The number of nitrogens with one attached hydrogen (secondary N) is 1. The summed E-state index contributed by atoms with van der Waals surface area (Å²) in [5.41, 5.74) is 0. The number of hydrogen-bond donors (Lipinski definition) is 1. The average Bonchev–Trinajstić information content (AvgIpc) is 2.82. The van der Waals surface area contributed by atoms with Crippen LogP contribution in [0.3, 0.4) is 0 Å². The molecule has 0 saturated heterocycles. The molecule has 6 heteroatoms. The standard InChI is InChI=1S/C13H23N3O2S/c1-11(2)15(3)9-5-4-8-14-10-12-6-7-13(19-12)16(17)18/h6-7,11,14H,4-5,8-10H2,1-3H3. The number of nitro groups is 1. The molecule has 0 atom stereocenters. The number of unbranched alkanes of at least 4 members (excludes halogenated alkanes) is 1. The fourth-order valence-corrected chi connectivity index (χ4v) is 2.43. The Bertz CT molecular complexity index is 393. The van der Waals surface area contributed by atoms with E-state index in [2.05, 4.69) is 31.1 Å². The van der Waals surface area contributed by atoms with Gasteiger partial charge in [-0.15, -0.1) is 0 Å². The van der Waals surface area contributed by atoms with Crippen LogP contribution in [-0.2, 0) is 6.54 Å². The van der Waals surface area contributed by atoms with Crippen molar-refractivity contribution in [2.45, 2.75) is 39.3 Å². The van der Waals surface area contributed by atoms with Gasteiger partial charge < -0.3 is 10.2 Å². The van der Waals surface area contributed by atoms with Gasteiger partial charge in [-0.3, -0.25) is 10.1 Å². The summed E-state index contributed by atoms with van der Waals surface area (Å²) in [6.45, 7) is 7.18. The molecule has 0 bridgehead atoms. The van der Waals surface area contributed by atoms with E-state index in [-0.39, 0.29) is 9.92 Å². The van der Waals surface area contributed by atoms with Gasteiger partial charge >= 0.3 is 5.00 Å². The first-order valence-electron chi connectivity index (χ1n) is 6.64. The largest absolute Gasteiger partial charge is 0.324 e. The molecule has 5 nitrogen and oxygen atoms in total. The fourth-order valence-electron chi connectivity index (χ4n) is 1.64. The van der Waals surface area contributed by atoms with E-state index in [0.29, 0.717) is 6.04 Å². The van der Waals surface area contributed by atoms with Crippen molar-refractivity contribution >= 4 is 16.3 Å². The van der Waals surface area contributed by atoms with Gasteiger partial charge in [0.05, 0.1) is 4.92 Å². The molecule has 0 spiro atoms. The zero-order valence-electron chi connectivity index (χ0n) is 11.9. The molecule has 0 fully saturated rings. The molecule has 1 aromatic rings. The van der Waals surface area contributed by atoms with Crippen molar-refractivity contribution in [1.29, 1.82) is 0 Å². The Kier molecular flexibility index (Phi) is 6.97. The van der Waals surface area contributed by atoms with E-state index in [1.807, 2.05) is 6.07 Å². The highest BCUT2D eigenvalue weighted by Crippen LogP contribution is 2.23. The highest BCUT2D eigenvalue weighted by molar-refractivity contribution is 7.15. The van der Waals surface area contributed by atoms with Crippen molar-refractivity contribution < 1.29 is 4.92 Å². The van der Waals surface area contributed by atoms with Gasteiger partial charge in [0.25, 0.3) is 0 Å². The molecule has 19 heavy (non-hydrogen) atoms. The molecule has 0 aliphatic rings. The SMILES string of the molecule is CC(C)N(C)CCCCNCc1ccc([N+](=O)[O-])s1. The molecule has 1 aromatic heterocycles. The molecular formula is C13H23N3O2S. The zero-order chi connectivity index (χ0) is 14.3. The smallest absolute Gasteiger partial charge is 0.312 e. The number of hydrogen-bond acceptors (Lipinski definition) is 5. The van der Waals surface area contributed by atoms with Crippen LogP contribution in [0.2, 0.25) is 0 Å². The fraction of sp³-hybridized carbons (Fsp3) is 0.692. The van der Waals surface area contributed by atoms with Crippen LogP contribution in [0.25, 0.3) is 0 Å². The minimum atomic E-state index is -0.337. The van der Waals surface area contributed by atoms with Gasteiger partial charge in [-0.2, -0.15) is 0 Å². The molecule has 1 heterocycles. The lowest BCUT2D eigenvalue weighted by Crippen LogP contribution is -2.27. The molecule has 0 radical (unpaired) electrons. The van der Waals surface area contributed by atoms with Crippen molar-refractivity contribution in [2.24, 2.45) is 0 Å². The van der Waals surface area contributed by atoms with Crippen LogP contribution in [0, 0.1) is 10.1 Å². The molecule has 1 rings (SSSR count). The molecule has 0 aromatic carbocycles. The third-order valence-electron chi connectivity index (χ3n) is 3.12. The maximum atomic E-state index is 10.5. The molecule has 1 N–H and O–H groups in total. The van der Waals surface area contributed by atoms with Gasteiger partial charge in [0.2, 0.25) is 0 Å². The van der Waals surface area contributed by atoms with E-state index < -0.39 is 0 Å². The lowest BCUT2D eigenvalue weighted by Gasteiger charge is -2.20. The van der Waals surface area contributed by atoms with E-state index in [9.17, 15) is 10.1 Å². The summed E-state index contributed by atoms with van der Waals surface area (Å²) in [7, 11) is 2.14. The summed E-state index contributed by atoms with van der Waals surface area (Å²) >= 11 is 1.24. The average molecular weight is 285 g/mol. The van der Waals surface area contributed by atoms with E-state index in [4.69, 9.17) is 0 Å². The Morgan fingerprint density at radius 1 is 1.42 bits per heavy atom. The van der Waals surface area contributed by atoms with E-state index in [0.717, 1.165) is 30.9 Å². The first kappa shape index (κ1) is 16.1. The van der Waals surface area contributed by atoms with Crippen molar-refractivity contribution in [2.75, 3.05) is 20.1 Å². The Balaban J connectivity index is 2.09. The second kappa shape index (κ2) is 8.24. The highest BCUT2D eigenvalue weighted by atomic mass is 32.1. The van der Waals surface area contributed by atoms with Crippen LogP contribution in [-0.4, -0.2) is 36.0 Å². The van der Waals surface area contributed by atoms with Gasteiger partial charge in [-0.05, 0) is 52.9 Å². The van der Waals surface area contributed by atoms with Crippen LogP contribution in [0.1, 0.15) is 31.6 Å². The third kappa shape index (κ3) is 6.13. The molecule has 0 unspecified atom stereocenters. The molecule has 0 aliphatic carbocycles. The van der Waals surface area contributed by atoms with Gasteiger partial charge in [0.15, 0.2) is 0 Å². The number of nitrogens with zero attached hydrogens (tertiary/aromatic N) is 2. The summed E-state index contributed by atoms with van der Waals surface area (Å²) in [6.07, 6.45) is 2.30. The Hall–Kier alpha value is -0.980. The maximum absolute atomic E-state index is 10.5. The van der Waals surface area contributed by atoms with Gasteiger partial charge in [-0.25, -0.2) is 0 Å². The van der Waals surface area contributed by atoms with Crippen LogP contribution in [0.5, 0.6) is 0 Å². The monoisotopic (exact) mass is 285 g/mol. The van der Waals surface area contributed by atoms with E-state index in [1.54, 1.807) is 6.07 Å². The summed E-state index contributed by atoms with van der Waals surface area (Å²) in [6, 6.07) is 3.99. The van der Waals surface area contributed by atoms with Crippen molar-refractivity contribution in [3.8, 4) is 0 Å². The van der Waals surface area contributed by atoms with Crippen molar-refractivity contribution in [3.63, 3.8) is 0 Å². The van der Waals surface area contributed by atoms with Crippen molar-refractivity contribution in [3.05, 3.63) is 27.1 Å². The zero-order valence-corrected chi connectivity index (χ0v) is 12.7. The summed E-state index contributed by atoms with van der Waals surface area (Å²) in [5.74, 6) is 0. The summed E-state index contributed by atoms with van der Waals surface area (Å²) in [5, 5.41) is 14.1. The van der Waals surface area contributed by atoms with E-state index in [1.165, 1.54) is 17.8 Å². The predicted octanol–water partition coefficient (Wildman–Crippen LogP) is 2.87. The minimum absolute atomic E-state index is 0.218. The second-order valence-electron chi connectivity index (χ2n) is 4.96. The summed E-state index contributed by atoms with van der Waals surface area (Å²) < 4.78 is 0. The second-order valence-corrected chi connectivity index (χ2v) is 6.10. The Labute approximate surface area is 118 Å². The molecule has 0 saturated carbocycles. The minimum Gasteiger partial charge on any atom is -0.312 e. The topological polar surface area (TPSA) is 58.4 Å².